The molecule has 28 heavy (non-hydrogen) atoms. The van der Waals surface area contributed by atoms with Gasteiger partial charge < -0.3 is 10.2 Å². The molecule has 1 aromatic carbocycles. The highest BCUT2D eigenvalue weighted by atomic mass is 19.1. The first-order chi connectivity index (χ1) is 13.6. The van der Waals surface area contributed by atoms with Crippen molar-refractivity contribution in [1.29, 1.82) is 0 Å². The summed E-state index contributed by atoms with van der Waals surface area (Å²) in [5.74, 6) is -0.820. The molecule has 0 spiro atoms. The van der Waals surface area contributed by atoms with Crippen LogP contribution in [0.15, 0.2) is 48.8 Å². The summed E-state index contributed by atoms with van der Waals surface area (Å²) < 4.78 is 25.6. The van der Waals surface area contributed by atoms with Crippen LogP contribution in [0, 0.1) is 11.6 Å². The van der Waals surface area contributed by atoms with E-state index in [-0.39, 0.29) is 5.91 Å². The zero-order valence-electron chi connectivity index (χ0n) is 15.4. The summed E-state index contributed by atoms with van der Waals surface area (Å²) in [5, 5.41) is 7.30. The largest absolute Gasteiger partial charge is 0.371 e. The summed E-state index contributed by atoms with van der Waals surface area (Å²) in [4.78, 5) is 14.6. The molecule has 146 valence electrons. The summed E-state index contributed by atoms with van der Waals surface area (Å²) in [7, 11) is 0. The van der Waals surface area contributed by atoms with Crippen LogP contribution >= 0.6 is 0 Å². The number of pyridine rings is 1. The van der Waals surface area contributed by atoms with Gasteiger partial charge in [-0.2, -0.15) is 5.10 Å². The molecule has 7 heteroatoms. The highest BCUT2D eigenvalue weighted by Crippen LogP contribution is 2.24. The van der Waals surface area contributed by atoms with Gasteiger partial charge in [0.2, 0.25) is 0 Å². The van der Waals surface area contributed by atoms with Crippen LogP contribution in [0.3, 0.4) is 0 Å². The van der Waals surface area contributed by atoms with Crippen molar-refractivity contribution in [3.05, 3.63) is 66.0 Å². The second-order valence-electron chi connectivity index (χ2n) is 7.15. The maximum atomic E-state index is 12.2. The van der Waals surface area contributed by atoms with E-state index >= 15 is 0 Å². The molecule has 0 unspecified atom stereocenters. The van der Waals surface area contributed by atoms with Crippen molar-refractivity contribution in [2.75, 3.05) is 18.0 Å². The molecule has 2 aromatic heterocycles. The van der Waals surface area contributed by atoms with Crippen molar-refractivity contribution in [3.8, 4) is 0 Å². The van der Waals surface area contributed by atoms with Crippen LogP contribution < -0.4 is 10.2 Å². The van der Waals surface area contributed by atoms with E-state index in [0.717, 1.165) is 55.7 Å². The molecule has 3 heterocycles. The molecule has 0 atom stereocenters. The van der Waals surface area contributed by atoms with Gasteiger partial charge in [0.05, 0.1) is 17.3 Å². The molecule has 1 amide bonds. The first-order valence-corrected chi connectivity index (χ1v) is 9.54. The summed E-state index contributed by atoms with van der Waals surface area (Å²) in [6.07, 6.45) is 8.31. The number of benzene rings is 1. The Labute approximate surface area is 162 Å². The molecule has 0 bridgehead atoms. The number of anilines is 1. The highest BCUT2D eigenvalue weighted by Gasteiger charge is 2.25. The number of hydrogen-bond acceptors (Lipinski definition) is 3. The number of fused-ring (bicyclic) bond motifs is 1. The van der Waals surface area contributed by atoms with Gasteiger partial charge in [-0.1, -0.05) is 0 Å². The SMILES string of the molecule is Fc1ccc(F)cc1.O=C(NC1CC1)c1cnn2ccc(N3CCCC3)cc12. The van der Waals surface area contributed by atoms with Crippen molar-refractivity contribution < 1.29 is 13.6 Å². The molecular formula is C21H22F2N4O. The number of carbonyl (C=O) groups excluding carboxylic acids is 1. The Balaban J connectivity index is 0.000000203. The second-order valence-corrected chi connectivity index (χ2v) is 7.15. The van der Waals surface area contributed by atoms with Crippen molar-refractivity contribution in [1.82, 2.24) is 14.9 Å². The van der Waals surface area contributed by atoms with Gasteiger partial charge in [-0.15, -0.1) is 0 Å². The molecule has 2 fully saturated rings. The molecule has 1 saturated heterocycles. The van der Waals surface area contributed by atoms with E-state index in [9.17, 15) is 13.6 Å². The number of nitrogens with zero attached hydrogens (tertiary/aromatic N) is 3. The Hall–Kier alpha value is -2.96. The fourth-order valence-corrected chi connectivity index (χ4v) is 3.24. The molecule has 1 saturated carbocycles. The van der Waals surface area contributed by atoms with E-state index in [2.05, 4.69) is 27.4 Å². The van der Waals surface area contributed by atoms with Crippen molar-refractivity contribution >= 4 is 17.1 Å². The Bertz CT molecular complexity index is 939. The lowest BCUT2D eigenvalue weighted by molar-refractivity contribution is 0.0952. The molecule has 0 radical (unpaired) electrons. The Morgan fingerprint density at radius 1 is 1.04 bits per heavy atom. The summed E-state index contributed by atoms with van der Waals surface area (Å²) in [6, 6.07) is 8.85. The zero-order chi connectivity index (χ0) is 19.5. The molecule has 3 aromatic rings. The Kier molecular flexibility index (Phi) is 5.23. The predicted molar refractivity (Wildman–Crippen MR) is 103 cm³/mol. The van der Waals surface area contributed by atoms with E-state index < -0.39 is 11.6 Å². The lowest BCUT2D eigenvalue weighted by atomic mass is 10.2. The van der Waals surface area contributed by atoms with E-state index in [0.29, 0.717) is 11.6 Å². The van der Waals surface area contributed by atoms with E-state index in [1.54, 1.807) is 10.7 Å². The van der Waals surface area contributed by atoms with E-state index in [1.807, 2.05) is 6.20 Å². The first kappa shape index (κ1) is 18.4. The third kappa shape index (κ3) is 4.30. The summed E-state index contributed by atoms with van der Waals surface area (Å²) in [6.45, 7) is 2.21. The monoisotopic (exact) mass is 384 g/mol. The van der Waals surface area contributed by atoms with Crippen LogP contribution in [-0.4, -0.2) is 34.7 Å². The quantitative estimate of drug-likeness (QED) is 0.748. The van der Waals surface area contributed by atoms with Gasteiger partial charge in [0.15, 0.2) is 0 Å². The number of hydrogen-bond donors (Lipinski definition) is 1. The van der Waals surface area contributed by atoms with E-state index in [1.165, 1.54) is 18.5 Å². The van der Waals surface area contributed by atoms with Gasteiger partial charge in [0.1, 0.15) is 11.6 Å². The number of rotatable bonds is 3. The van der Waals surface area contributed by atoms with Crippen LogP contribution in [-0.2, 0) is 0 Å². The van der Waals surface area contributed by atoms with Crippen molar-refractivity contribution in [2.45, 2.75) is 31.7 Å². The van der Waals surface area contributed by atoms with Crippen molar-refractivity contribution in [2.24, 2.45) is 0 Å². The second kappa shape index (κ2) is 7.96. The number of aromatic nitrogens is 2. The maximum Gasteiger partial charge on any atom is 0.255 e. The minimum absolute atomic E-state index is 0.000993. The average molecular weight is 384 g/mol. The van der Waals surface area contributed by atoms with Gasteiger partial charge in [-0.05, 0) is 62.1 Å². The Morgan fingerprint density at radius 3 is 2.29 bits per heavy atom. The molecule has 1 N–H and O–H groups in total. The topological polar surface area (TPSA) is 49.6 Å². The minimum Gasteiger partial charge on any atom is -0.371 e. The summed E-state index contributed by atoms with van der Waals surface area (Å²) >= 11 is 0. The fraction of sp³-hybridized carbons (Fsp3) is 0.333. The van der Waals surface area contributed by atoms with Gasteiger partial charge in [0.25, 0.3) is 5.91 Å². The van der Waals surface area contributed by atoms with Gasteiger partial charge >= 0.3 is 0 Å². The number of halogens is 2. The van der Waals surface area contributed by atoms with Crippen LogP contribution in [0.2, 0.25) is 0 Å². The van der Waals surface area contributed by atoms with Gasteiger partial charge in [-0.3, -0.25) is 4.79 Å². The average Bonchev–Trinajstić information content (AvgIpc) is 3.19. The number of carbonyl (C=O) groups is 1. The lowest BCUT2D eigenvalue weighted by Crippen LogP contribution is -2.25. The van der Waals surface area contributed by atoms with Gasteiger partial charge in [0, 0.05) is 31.0 Å². The zero-order valence-corrected chi connectivity index (χ0v) is 15.4. The standard InChI is InChI=1S/C15H18N4O.C6H4F2/c20-15(17-11-3-4-11)13-10-16-19-8-5-12(9-14(13)19)18-6-1-2-7-18;7-5-1-2-6(8)4-3-5/h5,8-11H,1-4,6-7H2,(H,17,20);1-4H. The highest BCUT2D eigenvalue weighted by molar-refractivity contribution is 6.01. The summed E-state index contributed by atoms with van der Waals surface area (Å²) in [5.41, 5.74) is 2.77. The normalized spacial score (nSPS) is 16.0. The minimum atomic E-state index is -0.411. The maximum absolute atomic E-state index is 12.2. The molecular weight excluding hydrogens is 362 g/mol. The molecule has 2 aliphatic rings. The Morgan fingerprint density at radius 2 is 1.68 bits per heavy atom. The van der Waals surface area contributed by atoms with E-state index in [4.69, 9.17) is 0 Å². The molecule has 5 rings (SSSR count). The van der Waals surface area contributed by atoms with Crippen LogP contribution in [0.1, 0.15) is 36.0 Å². The predicted octanol–water partition coefficient (Wildman–Crippen LogP) is 3.79. The number of nitrogens with one attached hydrogen (secondary N) is 1. The third-order valence-electron chi connectivity index (χ3n) is 4.94. The molecule has 1 aliphatic carbocycles. The van der Waals surface area contributed by atoms with Crippen LogP contribution in [0.25, 0.3) is 5.52 Å². The van der Waals surface area contributed by atoms with Crippen LogP contribution in [0.5, 0.6) is 0 Å². The third-order valence-corrected chi connectivity index (χ3v) is 4.94. The molecule has 1 aliphatic heterocycles. The molecule has 5 nitrogen and oxygen atoms in total. The first-order valence-electron chi connectivity index (χ1n) is 9.54. The fourth-order valence-electron chi connectivity index (χ4n) is 3.24. The lowest BCUT2D eigenvalue weighted by Gasteiger charge is -2.17. The van der Waals surface area contributed by atoms with Crippen molar-refractivity contribution in [3.63, 3.8) is 0 Å². The van der Waals surface area contributed by atoms with Gasteiger partial charge in [-0.25, -0.2) is 13.3 Å². The smallest absolute Gasteiger partial charge is 0.255 e. The number of amides is 1. The van der Waals surface area contributed by atoms with Crippen LogP contribution in [0.4, 0.5) is 14.5 Å².